The summed E-state index contributed by atoms with van der Waals surface area (Å²) in [5.74, 6) is -0.455. The van der Waals surface area contributed by atoms with Crippen molar-refractivity contribution in [3.63, 3.8) is 0 Å². The largest absolute Gasteiger partial charge is 0.459 e. The predicted octanol–water partition coefficient (Wildman–Crippen LogP) is 3.95. The van der Waals surface area contributed by atoms with Crippen LogP contribution in [0.1, 0.15) is 46.9 Å². The zero-order chi connectivity index (χ0) is 28.2. The summed E-state index contributed by atoms with van der Waals surface area (Å²) in [5.41, 5.74) is 9.08. The zero-order valence-electron chi connectivity index (χ0n) is 21.6. The van der Waals surface area contributed by atoms with E-state index in [-0.39, 0.29) is 42.1 Å². The molecule has 1 aromatic heterocycles. The molecule has 206 valence electrons. The van der Waals surface area contributed by atoms with Gasteiger partial charge in [-0.1, -0.05) is 15.9 Å². The van der Waals surface area contributed by atoms with Gasteiger partial charge in [0.15, 0.2) is 5.76 Å². The Kier molecular flexibility index (Phi) is 8.76. The maximum atomic E-state index is 12.9. The number of aliphatic imine (C=N–C) groups is 1. The minimum Gasteiger partial charge on any atom is -0.459 e. The monoisotopic (exact) mass is 615 g/mol. The highest BCUT2D eigenvalue weighted by atomic mass is 79.9. The third-order valence-electron chi connectivity index (χ3n) is 6.22. The first-order valence-electron chi connectivity index (χ1n) is 12.4. The number of carbonyl (C=O) groups excluding carboxylic acids is 2. The van der Waals surface area contributed by atoms with Gasteiger partial charge in [-0.15, -0.1) is 0 Å². The second-order valence-corrected chi connectivity index (χ2v) is 12.0. The molecule has 1 aliphatic rings. The number of amides is 2. The predicted molar refractivity (Wildman–Crippen MR) is 155 cm³/mol. The quantitative estimate of drug-likeness (QED) is 0.169. The smallest absolute Gasteiger partial charge is 0.286 e. The summed E-state index contributed by atoms with van der Waals surface area (Å²) in [6, 6.07) is 13.7. The third kappa shape index (κ3) is 7.07. The number of sulfonamides is 1. The molecule has 10 nitrogen and oxygen atoms in total. The molecular formula is C27H30BrN5O5S. The van der Waals surface area contributed by atoms with Gasteiger partial charge < -0.3 is 20.8 Å². The van der Waals surface area contributed by atoms with E-state index in [9.17, 15) is 18.0 Å². The molecule has 2 aromatic carbocycles. The Bertz CT molecular complexity index is 1480. The highest BCUT2D eigenvalue weighted by Crippen LogP contribution is 2.46. The van der Waals surface area contributed by atoms with E-state index in [4.69, 9.17) is 10.2 Å². The molecule has 4 rings (SSSR count). The Hall–Kier alpha value is -3.64. The standard InChI is InChI=1S/C27H30BrN5O5S/c1-30-27(35)25(32-19-10-8-18(28)9-11-19)21-15-20(17-6-7-17)23(16-22(21)29)33(39(2,36)37)13-4-12-31-26(34)24-5-3-14-38-24/h3,5,8-11,14-17H,4,6-7,12-13,29H2,1-2H3,(H,30,35)(H,31,34). The van der Waals surface area contributed by atoms with Crippen LogP contribution in [0.3, 0.4) is 0 Å². The van der Waals surface area contributed by atoms with Crippen molar-refractivity contribution in [2.24, 2.45) is 4.99 Å². The molecule has 2 amide bonds. The Labute approximate surface area is 235 Å². The normalized spacial score (nSPS) is 13.7. The van der Waals surface area contributed by atoms with Crippen LogP contribution < -0.4 is 20.7 Å². The fraction of sp³-hybridized carbons (Fsp3) is 0.296. The van der Waals surface area contributed by atoms with Crippen LogP contribution in [0.4, 0.5) is 17.1 Å². The van der Waals surface area contributed by atoms with Gasteiger partial charge in [0.05, 0.1) is 23.9 Å². The molecule has 3 aromatic rings. The van der Waals surface area contributed by atoms with Gasteiger partial charge in [0, 0.05) is 35.9 Å². The fourth-order valence-corrected chi connectivity index (χ4v) is 5.38. The van der Waals surface area contributed by atoms with Crippen LogP contribution in [0.2, 0.25) is 0 Å². The number of rotatable bonds is 11. The number of halogens is 1. The molecule has 0 bridgehead atoms. The van der Waals surface area contributed by atoms with Crippen molar-refractivity contribution in [3.05, 3.63) is 76.2 Å². The molecule has 1 saturated carbocycles. The van der Waals surface area contributed by atoms with Gasteiger partial charge in [0.2, 0.25) is 10.0 Å². The lowest BCUT2D eigenvalue weighted by Gasteiger charge is -2.26. The van der Waals surface area contributed by atoms with E-state index in [1.807, 2.05) is 12.1 Å². The van der Waals surface area contributed by atoms with E-state index in [0.29, 0.717) is 23.4 Å². The second kappa shape index (κ2) is 12.0. The van der Waals surface area contributed by atoms with Gasteiger partial charge in [-0.25, -0.2) is 13.4 Å². The Balaban J connectivity index is 1.65. The summed E-state index contributed by atoms with van der Waals surface area (Å²) in [7, 11) is -2.17. The molecule has 1 heterocycles. The van der Waals surface area contributed by atoms with Crippen molar-refractivity contribution in [1.29, 1.82) is 0 Å². The Morgan fingerprint density at radius 3 is 2.49 bits per heavy atom. The molecule has 0 radical (unpaired) electrons. The van der Waals surface area contributed by atoms with Crippen molar-refractivity contribution in [2.75, 3.05) is 36.4 Å². The molecule has 0 spiro atoms. The van der Waals surface area contributed by atoms with Gasteiger partial charge in [-0.3, -0.25) is 13.9 Å². The number of hydrogen-bond donors (Lipinski definition) is 3. The second-order valence-electron chi connectivity index (χ2n) is 9.21. The van der Waals surface area contributed by atoms with Crippen molar-refractivity contribution in [3.8, 4) is 0 Å². The first kappa shape index (κ1) is 28.4. The van der Waals surface area contributed by atoms with Crippen LogP contribution in [0.5, 0.6) is 0 Å². The van der Waals surface area contributed by atoms with Crippen LogP contribution in [0, 0.1) is 0 Å². The number of nitrogens with two attached hydrogens (primary N) is 1. The maximum Gasteiger partial charge on any atom is 0.286 e. The fourth-order valence-electron chi connectivity index (χ4n) is 4.14. The molecule has 4 N–H and O–H groups in total. The number of likely N-dealkylation sites (N-methyl/N-ethyl adjacent to an activating group) is 1. The van der Waals surface area contributed by atoms with Crippen molar-refractivity contribution in [1.82, 2.24) is 10.6 Å². The van der Waals surface area contributed by atoms with Crippen molar-refractivity contribution >= 4 is 60.5 Å². The minimum atomic E-state index is -3.68. The first-order valence-corrected chi connectivity index (χ1v) is 15.0. The molecular weight excluding hydrogens is 586 g/mol. The van der Waals surface area contributed by atoms with Gasteiger partial charge in [0.1, 0.15) is 5.71 Å². The lowest BCUT2D eigenvalue weighted by atomic mass is 9.98. The topological polar surface area (TPSA) is 147 Å². The van der Waals surface area contributed by atoms with E-state index in [0.717, 1.165) is 29.1 Å². The first-order chi connectivity index (χ1) is 18.6. The lowest BCUT2D eigenvalue weighted by molar-refractivity contribution is -0.114. The summed E-state index contributed by atoms with van der Waals surface area (Å²) in [4.78, 5) is 29.6. The van der Waals surface area contributed by atoms with Crippen LogP contribution >= 0.6 is 15.9 Å². The number of nitrogen functional groups attached to an aromatic ring is 1. The number of nitrogens with one attached hydrogen (secondary N) is 2. The number of anilines is 2. The van der Waals surface area contributed by atoms with Crippen molar-refractivity contribution in [2.45, 2.75) is 25.2 Å². The Morgan fingerprint density at radius 1 is 1.18 bits per heavy atom. The summed E-state index contributed by atoms with van der Waals surface area (Å²) in [6.07, 6.45) is 4.70. The van der Waals surface area contributed by atoms with E-state index in [1.165, 1.54) is 17.6 Å². The number of nitrogens with zero attached hydrogens (tertiary/aromatic N) is 2. The van der Waals surface area contributed by atoms with E-state index < -0.39 is 15.9 Å². The van der Waals surface area contributed by atoms with Gasteiger partial charge >= 0.3 is 0 Å². The zero-order valence-corrected chi connectivity index (χ0v) is 24.0. The maximum absolute atomic E-state index is 12.9. The molecule has 0 atom stereocenters. The van der Waals surface area contributed by atoms with E-state index >= 15 is 0 Å². The van der Waals surface area contributed by atoms with Gasteiger partial charge in [0.25, 0.3) is 11.8 Å². The van der Waals surface area contributed by atoms with Crippen LogP contribution in [-0.4, -0.2) is 52.3 Å². The molecule has 1 aliphatic carbocycles. The number of furan rings is 1. The van der Waals surface area contributed by atoms with Crippen molar-refractivity contribution < 1.29 is 22.4 Å². The average molecular weight is 617 g/mol. The molecule has 12 heteroatoms. The number of carbonyl (C=O) groups is 2. The SMILES string of the molecule is CNC(=O)C(=Nc1ccc(Br)cc1)c1cc(C2CC2)c(N(CCCNC(=O)c2ccco2)S(C)(=O)=O)cc1N. The van der Waals surface area contributed by atoms with E-state index in [2.05, 4.69) is 31.6 Å². The van der Waals surface area contributed by atoms with Crippen LogP contribution in [-0.2, 0) is 14.8 Å². The summed E-state index contributed by atoms with van der Waals surface area (Å²) in [5, 5.41) is 5.35. The highest BCUT2D eigenvalue weighted by molar-refractivity contribution is 9.10. The lowest BCUT2D eigenvalue weighted by Crippen LogP contribution is -2.35. The average Bonchev–Trinajstić information content (AvgIpc) is 3.59. The van der Waals surface area contributed by atoms with Gasteiger partial charge in [-0.2, -0.15) is 0 Å². The molecule has 39 heavy (non-hydrogen) atoms. The third-order valence-corrected chi connectivity index (χ3v) is 7.93. The molecule has 0 saturated heterocycles. The van der Waals surface area contributed by atoms with E-state index in [1.54, 1.807) is 36.4 Å². The highest BCUT2D eigenvalue weighted by Gasteiger charge is 2.32. The molecule has 0 unspecified atom stereocenters. The summed E-state index contributed by atoms with van der Waals surface area (Å²) < 4.78 is 33.0. The molecule has 0 aliphatic heterocycles. The molecule has 1 fully saturated rings. The van der Waals surface area contributed by atoms with Crippen LogP contribution in [0.25, 0.3) is 0 Å². The Morgan fingerprint density at radius 2 is 1.90 bits per heavy atom. The van der Waals surface area contributed by atoms with Gasteiger partial charge in [-0.05, 0) is 79.3 Å². The van der Waals surface area contributed by atoms with Crippen LogP contribution in [0.15, 0.2) is 68.7 Å². The minimum absolute atomic E-state index is 0.130. The summed E-state index contributed by atoms with van der Waals surface area (Å²) in [6.45, 7) is 0.379. The number of benzene rings is 2. The number of hydrogen-bond acceptors (Lipinski definition) is 7. The summed E-state index contributed by atoms with van der Waals surface area (Å²) >= 11 is 3.39.